The Hall–Kier alpha value is -0.560. The van der Waals surface area contributed by atoms with E-state index in [9.17, 15) is 4.79 Å². The van der Waals surface area contributed by atoms with Crippen molar-refractivity contribution < 1.29 is 9.53 Å². The Labute approximate surface area is 126 Å². The number of carbonyl (C=O) groups excluding carboxylic acids is 1. The van der Waals surface area contributed by atoms with Gasteiger partial charge in [0.1, 0.15) is 5.02 Å². The van der Waals surface area contributed by atoms with Gasteiger partial charge in [0.05, 0.1) is 0 Å². The van der Waals surface area contributed by atoms with E-state index in [4.69, 9.17) is 16.3 Å². The van der Waals surface area contributed by atoms with Crippen LogP contribution in [0.3, 0.4) is 0 Å². The molecular formula is C12H16ClIN2O2. The second-order valence-electron chi connectivity index (χ2n) is 4.40. The monoisotopic (exact) mass is 382 g/mol. The fraction of sp³-hybridized carbons (Fsp3) is 0.500. The quantitative estimate of drug-likeness (QED) is 0.743. The molecule has 18 heavy (non-hydrogen) atoms. The number of hydrogen-bond donors (Lipinski definition) is 0. The third kappa shape index (κ3) is 3.98. The van der Waals surface area contributed by atoms with E-state index in [1.807, 2.05) is 27.7 Å². The second-order valence-corrected chi connectivity index (χ2v) is 6.06. The normalized spacial score (nSPS) is 10.9. The van der Waals surface area contributed by atoms with Crippen LogP contribution in [0.1, 0.15) is 27.7 Å². The highest BCUT2D eigenvalue weighted by Gasteiger charge is 2.23. The molecule has 0 bridgehead atoms. The molecule has 0 aliphatic heterocycles. The Morgan fingerprint density at radius 3 is 2.39 bits per heavy atom. The summed E-state index contributed by atoms with van der Waals surface area (Å²) in [7, 11) is 0. The number of rotatable bonds is 3. The van der Waals surface area contributed by atoms with E-state index in [0.717, 1.165) is 3.57 Å². The molecule has 1 heterocycles. The molecule has 0 saturated carbocycles. The number of amides is 1. The van der Waals surface area contributed by atoms with Gasteiger partial charge in [0, 0.05) is 21.9 Å². The summed E-state index contributed by atoms with van der Waals surface area (Å²) in [4.78, 5) is 17.7. The number of halogens is 2. The van der Waals surface area contributed by atoms with Gasteiger partial charge in [-0.2, -0.15) is 0 Å². The SMILES string of the molecule is CC(C)N(C(=O)Oc1ncc(I)cc1Cl)C(C)C. The fourth-order valence-corrected chi connectivity index (χ4v) is 2.47. The van der Waals surface area contributed by atoms with E-state index in [-0.39, 0.29) is 18.0 Å². The zero-order chi connectivity index (χ0) is 13.9. The van der Waals surface area contributed by atoms with Crippen LogP contribution in [0.4, 0.5) is 4.79 Å². The minimum Gasteiger partial charge on any atom is -0.389 e. The summed E-state index contributed by atoms with van der Waals surface area (Å²) in [6, 6.07) is 1.81. The van der Waals surface area contributed by atoms with E-state index in [2.05, 4.69) is 27.6 Å². The maximum Gasteiger partial charge on any atom is 0.417 e. The Balaban J connectivity index is 2.86. The lowest BCUT2D eigenvalue weighted by molar-refractivity contribution is 0.121. The molecule has 100 valence electrons. The zero-order valence-electron chi connectivity index (χ0n) is 10.8. The Bertz CT molecular complexity index is 430. The largest absolute Gasteiger partial charge is 0.417 e. The van der Waals surface area contributed by atoms with Crippen molar-refractivity contribution in [3.05, 3.63) is 20.9 Å². The predicted molar refractivity (Wildman–Crippen MR) is 80.1 cm³/mol. The molecule has 6 heteroatoms. The smallest absolute Gasteiger partial charge is 0.389 e. The maximum absolute atomic E-state index is 12.0. The number of carbonyl (C=O) groups is 1. The third-order valence-electron chi connectivity index (χ3n) is 2.28. The predicted octanol–water partition coefficient (Wildman–Crippen LogP) is 3.96. The van der Waals surface area contributed by atoms with Crippen LogP contribution in [0.15, 0.2) is 12.3 Å². The fourth-order valence-electron chi connectivity index (χ4n) is 1.63. The van der Waals surface area contributed by atoms with Crippen molar-refractivity contribution in [3.63, 3.8) is 0 Å². The van der Waals surface area contributed by atoms with E-state index >= 15 is 0 Å². The molecule has 0 saturated heterocycles. The van der Waals surface area contributed by atoms with Crippen LogP contribution in [-0.4, -0.2) is 28.1 Å². The standard InChI is InChI=1S/C12H16ClIN2O2/c1-7(2)16(8(3)4)12(17)18-11-10(13)5-9(14)6-15-11/h5-8H,1-4H3. The topological polar surface area (TPSA) is 42.4 Å². The van der Waals surface area contributed by atoms with Gasteiger partial charge in [0.25, 0.3) is 0 Å². The van der Waals surface area contributed by atoms with Gasteiger partial charge in [-0.1, -0.05) is 11.6 Å². The van der Waals surface area contributed by atoms with Crippen molar-refractivity contribution in [2.75, 3.05) is 0 Å². The number of pyridine rings is 1. The summed E-state index contributed by atoms with van der Waals surface area (Å²) in [5.41, 5.74) is 0. The van der Waals surface area contributed by atoms with Crippen molar-refractivity contribution >= 4 is 40.3 Å². The van der Waals surface area contributed by atoms with E-state index in [1.54, 1.807) is 17.2 Å². The molecule has 1 aromatic rings. The molecular weight excluding hydrogens is 367 g/mol. The van der Waals surface area contributed by atoms with Gasteiger partial charge < -0.3 is 9.64 Å². The first-order valence-electron chi connectivity index (χ1n) is 5.64. The molecule has 0 unspecified atom stereocenters. The highest BCUT2D eigenvalue weighted by Crippen LogP contribution is 2.24. The lowest BCUT2D eigenvalue weighted by Gasteiger charge is -2.29. The van der Waals surface area contributed by atoms with Crippen molar-refractivity contribution in [2.24, 2.45) is 0 Å². The average Bonchev–Trinajstić information content (AvgIpc) is 2.21. The Morgan fingerprint density at radius 1 is 1.39 bits per heavy atom. The maximum atomic E-state index is 12.0. The molecule has 0 N–H and O–H groups in total. The first-order chi connectivity index (χ1) is 8.32. The highest BCUT2D eigenvalue weighted by atomic mass is 127. The van der Waals surface area contributed by atoms with E-state index in [0.29, 0.717) is 5.02 Å². The van der Waals surface area contributed by atoms with Crippen LogP contribution in [0, 0.1) is 3.57 Å². The number of nitrogens with zero attached hydrogens (tertiary/aromatic N) is 2. The molecule has 0 radical (unpaired) electrons. The van der Waals surface area contributed by atoms with E-state index < -0.39 is 6.09 Å². The molecule has 0 fully saturated rings. The minimum atomic E-state index is -0.435. The molecule has 1 rings (SSSR count). The summed E-state index contributed by atoms with van der Waals surface area (Å²) in [6.45, 7) is 7.74. The average molecular weight is 383 g/mol. The molecule has 0 atom stereocenters. The van der Waals surface area contributed by atoms with Crippen molar-refractivity contribution in [3.8, 4) is 5.88 Å². The summed E-state index contributed by atoms with van der Waals surface area (Å²) >= 11 is 8.07. The Morgan fingerprint density at radius 2 is 1.94 bits per heavy atom. The van der Waals surface area contributed by atoms with Crippen LogP contribution in [0.25, 0.3) is 0 Å². The summed E-state index contributed by atoms with van der Waals surface area (Å²) in [6.07, 6.45) is 1.17. The van der Waals surface area contributed by atoms with Gasteiger partial charge in [-0.25, -0.2) is 9.78 Å². The third-order valence-corrected chi connectivity index (χ3v) is 3.14. The summed E-state index contributed by atoms with van der Waals surface area (Å²) in [5.74, 6) is 0.147. The number of aromatic nitrogens is 1. The molecule has 1 amide bonds. The lowest BCUT2D eigenvalue weighted by atomic mass is 10.2. The number of ether oxygens (including phenoxy) is 1. The second kappa shape index (κ2) is 6.56. The molecule has 0 aliphatic carbocycles. The van der Waals surface area contributed by atoms with Crippen LogP contribution in [-0.2, 0) is 0 Å². The highest BCUT2D eigenvalue weighted by molar-refractivity contribution is 14.1. The van der Waals surface area contributed by atoms with Crippen LogP contribution in [0.2, 0.25) is 5.02 Å². The lowest BCUT2D eigenvalue weighted by Crippen LogP contribution is -2.43. The molecule has 0 aliphatic rings. The van der Waals surface area contributed by atoms with Crippen LogP contribution >= 0.6 is 34.2 Å². The van der Waals surface area contributed by atoms with Gasteiger partial charge in [-0.05, 0) is 56.4 Å². The minimum absolute atomic E-state index is 0.0557. The first kappa shape index (κ1) is 15.5. The van der Waals surface area contributed by atoms with Crippen molar-refractivity contribution in [1.82, 2.24) is 9.88 Å². The summed E-state index contributed by atoms with van der Waals surface area (Å²) in [5, 5.41) is 0.336. The molecule has 4 nitrogen and oxygen atoms in total. The molecule has 1 aromatic heterocycles. The van der Waals surface area contributed by atoms with Gasteiger partial charge in [0.2, 0.25) is 5.88 Å². The Kier molecular flexibility index (Phi) is 5.65. The van der Waals surface area contributed by atoms with Crippen LogP contribution in [0.5, 0.6) is 5.88 Å². The summed E-state index contributed by atoms with van der Waals surface area (Å²) < 4.78 is 6.12. The van der Waals surface area contributed by atoms with Gasteiger partial charge in [-0.3, -0.25) is 0 Å². The number of hydrogen-bond acceptors (Lipinski definition) is 3. The van der Waals surface area contributed by atoms with E-state index in [1.165, 1.54) is 0 Å². The van der Waals surface area contributed by atoms with Gasteiger partial charge >= 0.3 is 6.09 Å². The molecule has 0 spiro atoms. The zero-order valence-corrected chi connectivity index (χ0v) is 13.7. The van der Waals surface area contributed by atoms with Crippen LogP contribution < -0.4 is 4.74 Å². The van der Waals surface area contributed by atoms with Gasteiger partial charge in [0.15, 0.2) is 0 Å². The molecule has 0 aromatic carbocycles. The first-order valence-corrected chi connectivity index (χ1v) is 7.09. The van der Waals surface area contributed by atoms with Crippen molar-refractivity contribution in [2.45, 2.75) is 39.8 Å². The van der Waals surface area contributed by atoms with Crippen molar-refractivity contribution in [1.29, 1.82) is 0 Å². The van der Waals surface area contributed by atoms with Gasteiger partial charge in [-0.15, -0.1) is 0 Å².